The number of nitrogens with zero attached hydrogens (tertiary/aromatic N) is 4. The van der Waals surface area contributed by atoms with Crippen LogP contribution in [0.1, 0.15) is 27.0 Å². The van der Waals surface area contributed by atoms with Crippen LogP contribution < -0.4 is 10.1 Å². The minimum atomic E-state index is -0.194. The molecule has 1 aliphatic rings. The van der Waals surface area contributed by atoms with Crippen LogP contribution in [0.4, 0.5) is 5.69 Å². The number of benzene rings is 3. The van der Waals surface area contributed by atoms with Crippen LogP contribution >= 0.6 is 0 Å². The molecule has 2 aromatic heterocycles. The van der Waals surface area contributed by atoms with Gasteiger partial charge in [-0.25, -0.2) is 0 Å². The van der Waals surface area contributed by atoms with Crippen molar-refractivity contribution >= 4 is 11.6 Å². The largest absolute Gasteiger partial charge is 0.488 e. The third-order valence-corrected chi connectivity index (χ3v) is 6.33. The Balaban J connectivity index is 1.16. The molecule has 37 heavy (non-hydrogen) atoms. The molecular weight excluding hydrogens is 462 g/mol. The second-order valence-electron chi connectivity index (χ2n) is 8.80. The fraction of sp³-hybridized carbons (Fsp3) is 0.0667. The van der Waals surface area contributed by atoms with Crippen molar-refractivity contribution in [2.45, 2.75) is 13.2 Å². The highest BCUT2D eigenvalue weighted by Crippen LogP contribution is 2.38. The van der Waals surface area contributed by atoms with Gasteiger partial charge < -0.3 is 10.1 Å². The summed E-state index contributed by atoms with van der Waals surface area (Å²) < 4.78 is 7.73. The van der Waals surface area contributed by atoms with Crippen molar-refractivity contribution < 1.29 is 9.53 Å². The number of fused-ring (bicyclic) bond motifs is 3. The van der Waals surface area contributed by atoms with Gasteiger partial charge in [-0.3, -0.25) is 14.5 Å². The Hall–Kier alpha value is -5.22. The number of aromatic nitrogens is 3. The molecule has 0 fully saturated rings. The molecule has 7 heteroatoms. The summed E-state index contributed by atoms with van der Waals surface area (Å²) in [5.74, 6) is 0.544. The first kappa shape index (κ1) is 22.3. The fourth-order valence-corrected chi connectivity index (χ4v) is 4.44. The summed E-state index contributed by atoms with van der Waals surface area (Å²) in [6, 6.07) is 24.7. The molecule has 0 spiro atoms. The summed E-state index contributed by atoms with van der Waals surface area (Å²) in [6.45, 7) is 0.980. The van der Waals surface area contributed by atoms with Gasteiger partial charge in [-0.2, -0.15) is 10.4 Å². The summed E-state index contributed by atoms with van der Waals surface area (Å²) in [5, 5.41) is 16.4. The van der Waals surface area contributed by atoms with Gasteiger partial charge in [0.05, 0.1) is 24.4 Å². The first-order valence-corrected chi connectivity index (χ1v) is 11.8. The van der Waals surface area contributed by atoms with E-state index in [2.05, 4.69) is 21.5 Å². The Kier molecular flexibility index (Phi) is 5.68. The van der Waals surface area contributed by atoms with E-state index in [9.17, 15) is 4.79 Å². The first-order chi connectivity index (χ1) is 18.2. The number of hydrogen-bond acceptors (Lipinski definition) is 5. The van der Waals surface area contributed by atoms with Crippen molar-refractivity contribution in [1.82, 2.24) is 14.8 Å². The van der Waals surface area contributed by atoms with Crippen molar-refractivity contribution in [3.63, 3.8) is 0 Å². The van der Waals surface area contributed by atoms with Gasteiger partial charge in [0.1, 0.15) is 12.4 Å². The Morgan fingerprint density at radius 3 is 2.76 bits per heavy atom. The topological polar surface area (TPSA) is 92.8 Å². The van der Waals surface area contributed by atoms with E-state index in [1.54, 1.807) is 30.6 Å². The lowest BCUT2D eigenvalue weighted by Gasteiger charge is -2.21. The molecule has 0 saturated carbocycles. The highest BCUT2D eigenvalue weighted by atomic mass is 16.5. The van der Waals surface area contributed by atoms with E-state index >= 15 is 0 Å². The normalized spacial score (nSPS) is 11.5. The molecule has 0 atom stereocenters. The van der Waals surface area contributed by atoms with E-state index in [0.717, 1.165) is 39.1 Å². The van der Waals surface area contributed by atoms with Crippen LogP contribution in [0.5, 0.6) is 5.75 Å². The van der Waals surface area contributed by atoms with E-state index in [1.165, 1.54) is 0 Å². The van der Waals surface area contributed by atoms with Crippen LogP contribution in [0.25, 0.3) is 22.3 Å². The van der Waals surface area contributed by atoms with Gasteiger partial charge in [0, 0.05) is 52.6 Å². The maximum atomic E-state index is 13.0. The SMILES string of the molecule is N#Cc1ccc(-c2cnn(Cc3cccc(C(=O)Nc4ccc5c(c4)OCc4cnccc4-5)c3)c2)cc1. The minimum absolute atomic E-state index is 0.194. The number of nitriles is 1. The van der Waals surface area contributed by atoms with Crippen molar-refractivity contribution in [2.24, 2.45) is 0 Å². The summed E-state index contributed by atoms with van der Waals surface area (Å²) in [4.78, 5) is 17.2. The molecule has 0 aliphatic carbocycles. The third-order valence-electron chi connectivity index (χ3n) is 6.33. The van der Waals surface area contributed by atoms with Gasteiger partial charge >= 0.3 is 0 Å². The number of nitrogens with one attached hydrogen (secondary N) is 1. The molecule has 178 valence electrons. The summed E-state index contributed by atoms with van der Waals surface area (Å²) in [5.41, 5.74) is 7.91. The average Bonchev–Trinajstić information content (AvgIpc) is 3.41. The number of carbonyl (C=O) groups is 1. The minimum Gasteiger partial charge on any atom is -0.488 e. The van der Waals surface area contributed by atoms with E-state index in [-0.39, 0.29) is 5.91 Å². The number of ether oxygens (including phenoxy) is 1. The molecule has 0 unspecified atom stereocenters. The van der Waals surface area contributed by atoms with Gasteiger partial charge in [0.25, 0.3) is 5.91 Å². The lowest BCUT2D eigenvalue weighted by Crippen LogP contribution is -2.13. The predicted molar refractivity (Wildman–Crippen MR) is 140 cm³/mol. The second-order valence-corrected chi connectivity index (χ2v) is 8.80. The van der Waals surface area contributed by atoms with Crippen LogP contribution in [-0.4, -0.2) is 20.7 Å². The molecule has 6 rings (SSSR count). The van der Waals surface area contributed by atoms with Gasteiger partial charge in [-0.15, -0.1) is 0 Å². The molecule has 1 aliphatic heterocycles. The molecule has 5 aromatic rings. The van der Waals surface area contributed by atoms with E-state index < -0.39 is 0 Å². The van der Waals surface area contributed by atoms with Crippen molar-refractivity contribution in [1.29, 1.82) is 5.26 Å². The number of amides is 1. The fourth-order valence-electron chi connectivity index (χ4n) is 4.44. The van der Waals surface area contributed by atoms with E-state index in [1.807, 2.05) is 71.7 Å². The zero-order chi connectivity index (χ0) is 25.2. The maximum absolute atomic E-state index is 13.0. The van der Waals surface area contributed by atoms with Crippen LogP contribution in [0.2, 0.25) is 0 Å². The number of anilines is 1. The molecule has 1 N–H and O–H groups in total. The smallest absolute Gasteiger partial charge is 0.255 e. The maximum Gasteiger partial charge on any atom is 0.255 e. The standard InChI is InChI=1S/C30H21N5O2/c31-14-20-4-6-22(7-5-20)24-16-33-35(18-24)17-21-2-1-3-23(12-21)30(36)34-26-8-9-28-27-10-11-32-15-25(27)19-37-29(28)13-26/h1-13,15-16,18H,17,19H2,(H,34,36). The second kappa shape index (κ2) is 9.44. The lowest BCUT2D eigenvalue weighted by molar-refractivity contribution is 0.102. The van der Waals surface area contributed by atoms with Crippen LogP contribution in [0, 0.1) is 11.3 Å². The van der Waals surface area contributed by atoms with E-state index in [4.69, 9.17) is 10.00 Å². The monoisotopic (exact) mass is 483 g/mol. The highest BCUT2D eigenvalue weighted by molar-refractivity contribution is 6.04. The average molecular weight is 484 g/mol. The van der Waals surface area contributed by atoms with Crippen molar-refractivity contribution in [3.8, 4) is 34.1 Å². The lowest BCUT2D eigenvalue weighted by atomic mass is 9.98. The van der Waals surface area contributed by atoms with Crippen LogP contribution in [-0.2, 0) is 13.2 Å². The molecule has 0 bridgehead atoms. The van der Waals surface area contributed by atoms with Crippen molar-refractivity contribution in [2.75, 3.05) is 5.32 Å². The molecular formula is C30H21N5O2. The Bertz CT molecular complexity index is 1660. The molecule has 3 heterocycles. The van der Waals surface area contributed by atoms with Gasteiger partial charge in [-0.05, 0) is 59.2 Å². The third kappa shape index (κ3) is 4.56. The molecule has 0 saturated heterocycles. The summed E-state index contributed by atoms with van der Waals surface area (Å²) in [6.07, 6.45) is 7.34. The van der Waals surface area contributed by atoms with E-state index in [0.29, 0.717) is 30.0 Å². The Labute approximate surface area is 213 Å². The summed E-state index contributed by atoms with van der Waals surface area (Å²) >= 11 is 0. The number of carbonyl (C=O) groups excluding carboxylic acids is 1. The Morgan fingerprint density at radius 2 is 1.89 bits per heavy atom. The van der Waals surface area contributed by atoms with Gasteiger partial charge in [-0.1, -0.05) is 24.3 Å². The zero-order valence-electron chi connectivity index (χ0n) is 19.8. The molecule has 7 nitrogen and oxygen atoms in total. The first-order valence-electron chi connectivity index (χ1n) is 11.8. The number of pyridine rings is 1. The van der Waals surface area contributed by atoms with Crippen LogP contribution in [0.15, 0.2) is 97.6 Å². The van der Waals surface area contributed by atoms with Crippen molar-refractivity contribution in [3.05, 3.63) is 120 Å². The van der Waals surface area contributed by atoms with Gasteiger partial charge in [0.15, 0.2) is 0 Å². The molecule has 0 radical (unpaired) electrons. The highest BCUT2D eigenvalue weighted by Gasteiger charge is 2.18. The summed E-state index contributed by atoms with van der Waals surface area (Å²) in [7, 11) is 0. The number of rotatable bonds is 5. The predicted octanol–water partition coefficient (Wildman–Crippen LogP) is 5.68. The zero-order valence-corrected chi connectivity index (χ0v) is 19.8. The quantitative estimate of drug-likeness (QED) is 0.347. The molecule has 3 aromatic carbocycles. The van der Waals surface area contributed by atoms with Gasteiger partial charge in [0.2, 0.25) is 0 Å². The number of hydrogen-bond donors (Lipinski definition) is 1. The molecule has 1 amide bonds. The van der Waals surface area contributed by atoms with Crippen LogP contribution in [0.3, 0.4) is 0 Å². The Morgan fingerprint density at radius 1 is 1.00 bits per heavy atom.